The van der Waals surface area contributed by atoms with E-state index in [4.69, 9.17) is 13.9 Å². The highest BCUT2D eigenvalue weighted by atomic mass is 16.5. The van der Waals surface area contributed by atoms with Crippen LogP contribution in [0, 0.1) is 0 Å². The summed E-state index contributed by atoms with van der Waals surface area (Å²) < 4.78 is 16.7. The van der Waals surface area contributed by atoms with Crippen LogP contribution in [0.25, 0.3) is 0 Å². The zero-order chi connectivity index (χ0) is 19.9. The van der Waals surface area contributed by atoms with Crippen molar-refractivity contribution >= 4 is 11.6 Å². The Kier molecular flexibility index (Phi) is 6.37. The lowest BCUT2D eigenvalue weighted by Gasteiger charge is -2.08. The number of rotatable bonds is 8. The molecule has 5 nitrogen and oxygen atoms in total. The van der Waals surface area contributed by atoms with Crippen molar-refractivity contribution in [2.45, 2.75) is 33.3 Å². The van der Waals surface area contributed by atoms with Crippen LogP contribution in [0.15, 0.2) is 65.1 Å². The van der Waals surface area contributed by atoms with E-state index in [-0.39, 0.29) is 18.3 Å². The second-order valence-electron chi connectivity index (χ2n) is 6.69. The van der Waals surface area contributed by atoms with Crippen LogP contribution < -0.4 is 14.8 Å². The minimum Gasteiger partial charge on any atom is -0.494 e. The van der Waals surface area contributed by atoms with Gasteiger partial charge in [0, 0.05) is 5.69 Å². The summed E-state index contributed by atoms with van der Waals surface area (Å²) in [6.07, 6.45) is 0. The molecule has 1 aromatic heterocycles. The summed E-state index contributed by atoms with van der Waals surface area (Å²) in [6.45, 7) is 7.09. The van der Waals surface area contributed by atoms with Crippen molar-refractivity contribution in [2.24, 2.45) is 0 Å². The Morgan fingerprint density at radius 2 is 1.57 bits per heavy atom. The molecule has 1 N–H and O–H groups in total. The lowest BCUT2D eigenvalue weighted by molar-refractivity contribution is 0.0992. The van der Waals surface area contributed by atoms with Gasteiger partial charge in [0.1, 0.15) is 23.9 Å². The van der Waals surface area contributed by atoms with Gasteiger partial charge in [0.15, 0.2) is 5.76 Å². The van der Waals surface area contributed by atoms with E-state index in [1.165, 1.54) is 5.56 Å². The number of hydrogen-bond acceptors (Lipinski definition) is 4. The second kappa shape index (κ2) is 9.13. The van der Waals surface area contributed by atoms with Crippen molar-refractivity contribution in [1.82, 2.24) is 0 Å². The number of carbonyl (C=O) groups excluding carboxylic acids is 1. The standard InChI is InChI=1S/C23H25NO4/c1-4-26-19-11-7-18(8-12-19)24-23(25)22-14-13-21(28-22)15-27-20-9-5-17(6-10-20)16(2)3/h5-14,16H,4,15H2,1-3H3,(H,24,25). The zero-order valence-electron chi connectivity index (χ0n) is 16.4. The minimum absolute atomic E-state index is 0.239. The molecule has 5 heteroatoms. The largest absolute Gasteiger partial charge is 0.494 e. The molecule has 3 rings (SSSR count). The van der Waals surface area contributed by atoms with Gasteiger partial charge in [-0.1, -0.05) is 26.0 Å². The Balaban J connectivity index is 1.54. The average molecular weight is 379 g/mol. The first-order valence-electron chi connectivity index (χ1n) is 9.41. The van der Waals surface area contributed by atoms with Crippen molar-refractivity contribution in [2.75, 3.05) is 11.9 Å². The van der Waals surface area contributed by atoms with Gasteiger partial charge >= 0.3 is 0 Å². The third-order valence-electron chi connectivity index (χ3n) is 4.24. The van der Waals surface area contributed by atoms with Gasteiger partial charge in [-0.3, -0.25) is 4.79 Å². The Hall–Kier alpha value is -3.21. The van der Waals surface area contributed by atoms with Gasteiger partial charge in [0.25, 0.3) is 5.91 Å². The molecule has 0 bridgehead atoms. The van der Waals surface area contributed by atoms with E-state index in [1.54, 1.807) is 24.3 Å². The molecule has 1 heterocycles. The minimum atomic E-state index is -0.309. The Labute approximate surface area is 165 Å². The smallest absolute Gasteiger partial charge is 0.291 e. The van der Waals surface area contributed by atoms with Gasteiger partial charge < -0.3 is 19.2 Å². The zero-order valence-corrected chi connectivity index (χ0v) is 16.4. The van der Waals surface area contributed by atoms with E-state index in [2.05, 4.69) is 31.3 Å². The molecule has 0 aliphatic rings. The van der Waals surface area contributed by atoms with Crippen molar-refractivity contribution in [1.29, 1.82) is 0 Å². The first-order valence-corrected chi connectivity index (χ1v) is 9.41. The summed E-state index contributed by atoms with van der Waals surface area (Å²) >= 11 is 0. The lowest BCUT2D eigenvalue weighted by atomic mass is 10.0. The molecular weight excluding hydrogens is 354 g/mol. The average Bonchev–Trinajstić information content (AvgIpc) is 3.18. The topological polar surface area (TPSA) is 60.7 Å². The molecule has 0 saturated heterocycles. The maximum atomic E-state index is 12.3. The monoisotopic (exact) mass is 379 g/mol. The first kappa shape index (κ1) is 19.5. The number of nitrogens with one attached hydrogen (secondary N) is 1. The van der Waals surface area contributed by atoms with Crippen molar-refractivity contribution in [3.8, 4) is 11.5 Å². The fraction of sp³-hybridized carbons (Fsp3) is 0.261. The van der Waals surface area contributed by atoms with Crippen LogP contribution in [-0.2, 0) is 6.61 Å². The maximum absolute atomic E-state index is 12.3. The molecule has 0 radical (unpaired) electrons. The number of hydrogen-bond donors (Lipinski definition) is 1. The number of anilines is 1. The first-order chi connectivity index (χ1) is 13.5. The number of ether oxygens (including phenoxy) is 2. The predicted octanol–water partition coefficient (Wildman–Crippen LogP) is 5.63. The number of benzene rings is 2. The molecule has 28 heavy (non-hydrogen) atoms. The molecule has 0 fully saturated rings. The number of furan rings is 1. The van der Waals surface area contributed by atoms with Crippen molar-refractivity contribution in [3.05, 3.63) is 77.7 Å². The third-order valence-corrected chi connectivity index (χ3v) is 4.24. The Bertz CT molecular complexity index is 895. The molecule has 0 aliphatic heterocycles. The van der Waals surface area contributed by atoms with Crippen LogP contribution >= 0.6 is 0 Å². The predicted molar refractivity (Wildman–Crippen MR) is 109 cm³/mol. The highest BCUT2D eigenvalue weighted by Crippen LogP contribution is 2.21. The van der Waals surface area contributed by atoms with E-state index < -0.39 is 0 Å². The van der Waals surface area contributed by atoms with Crippen LogP contribution in [0.1, 0.15) is 48.6 Å². The van der Waals surface area contributed by atoms with Gasteiger partial charge in [0.05, 0.1) is 6.61 Å². The normalized spacial score (nSPS) is 10.7. The van der Waals surface area contributed by atoms with Crippen LogP contribution in [0.3, 0.4) is 0 Å². The lowest BCUT2D eigenvalue weighted by Crippen LogP contribution is -2.10. The summed E-state index contributed by atoms with van der Waals surface area (Å²) in [6, 6.07) is 18.6. The van der Waals surface area contributed by atoms with E-state index in [0.717, 1.165) is 11.5 Å². The Morgan fingerprint density at radius 1 is 0.929 bits per heavy atom. The van der Waals surface area contributed by atoms with Crippen molar-refractivity contribution < 1.29 is 18.7 Å². The van der Waals surface area contributed by atoms with Gasteiger partial charge in [-0.15, -0.1) is 0 Å². The molecule has 0 saturated carbocycles. The molecule has 1 amide bonds. The van der Waals surface area contributed by atoms with Crippen molar-refractivity contribution in [3.63, 3.8) is 0 Å². The van der Waals surface area contributed by atoms with Crippen LogP contribution in [-0.4, -0.2) is 12.5 Å². The summed E-state index contributed by atoms with van der Waals surface area (Å²) in [7, 11) is 0. The molecule has 3 aromatic rings. The second-order valence-corrected chi connectivity index (χ2v) is 6.69. The maximum Gasteiger partial charge on any atom is 0.291 e. The Morgan fingerprint density at radius 3 is 2.21 bits per heavy atom. The number of amides is 1. The molecule has 0 aliphatic carbocycles. The van der Waals surface area contributed by atoms with Crippen LogP contribution in [0.5, 0.6) is 11.5 Å². The SMILES string of the molecule is CCOc1ccc(NC(=O)c2ccc(COc3ccc(C(C)C)cc3)o2)cc1. The summed E-state index contributed by atoms with van der Waals surface area (Å²) in [5.41, 5.74) is 1.94. The summed E-state index contributed by atoms with van der Waals surface area (Å²) in [4.78, 5) is 12.3. The number of carbonyl (C=O) groups is 1. The summed E-state index contributed by atoms with van der Waals surface area (Å²) in [5.74, 6) is 2.53. The molecule has 0 atom stereocenters. The summed E-state index contributed by atoms with van der Waals surface area (Å²) in [5, 5.41) is 2.80. The van der Waals surface area contributed by atoms with E-state index in [1.807, 2.05) is 31.2 Å². The van der Waals surface area contributed by atoms with Crippen LogP contribution in [0.2, 0.25) is 0 Å². The highest BCUT2D eigenvalue weighted by Gasteiger charge is 2.12. The van der Waals surface area contributed by atoms with Gasteiger partial charge in [-0.2, -0.15) is 0 Å². The van der Waals surface area contributed by atoms with Crippen LogP contribution in [0.4, 0.5) is 5.69 Å². The van der Waals surface area contributed by atoms with E-state index in [0.29, 0.717) is 24.0 Å². The fourth-order valence-electron chi connectivity index (χ4n) is 2.67. The van der Waals surface area contributed by atoms with Gasteiger partial charge in [-0.25, -0.2) is 0 Å². The van der Waals surface area contributed by atoms with Gasteiger partial charge in [0.2, 0.25) is 0 Å². The molecule has 0 spiro atoms. The van der Waals surface area contributed by atoms with E-state index >= 15 is 0 Å². The quantitative estimate of drug-likeness (QED) is 0.551. The third kappa shape index (κ3) is 5.16. The van der Waals surface area contributed by atoms with E-state index in [9.17, 15) is 4.79 Å². The molecule has 0 unspecified atom stereocenters. The van der Waals surface area contributed by atoms with Gasteiger partial charge in [-0.05, 0) is 66.9 Å². The molecule has 2 aromatic carbocycles. The molecule has 146 valence electrons. The highest BCUT2D eigenvalue weighted by molar-refractivity contribution is 6.02. The molecular formula is C23H25NO4. The fourth-order valence-corrected chi connectivity index (χ4v) is 2.67.